The molecule has 0 fully saturated rings. The van der Waals surface area contributed by atoms with Crippen molar-refractivity contribution in [1.29, 1.82) is 0 Å². The van der Waals surface area contributed by atoms with E-state index in [1.54, 1.807) is 6.20 Å². The summed E-state index contributed by atoms with van der Waals surface area (Å²) in [5, 5.41) is 10.9. The molecule has 0 saturated heterocycles. The van der Waals surface area contributed by atoms with Gasteiger partial charge in [-0.1, -0.05) is 30.0 Å². The second-order valence-electron chi connectivity index (χ2n) is 4.02. The molecule has 2 heterocycles. The molecule has 3 rings (SSSR count). The zero-order valence-corrected chi connectivity index (χ0v) is 10.5. The summed E-state index contributed by atoms with van der Waals surface area (Å²) < 4.78 is 0. The number of hydrogen-bond donors (Lipinski definition) is 1. The van der Waals surface area contributed by atoms with Gasteiger partial charge in [0.25, 0.3) is 0 Å². The maximum atomic E-state index is 12.1. The highest BCUT2D eigenvalue weighted by Crippen LogP contribution is 2.28. The predicted molar refractivity (Wildman–Crippen MR) is 69.6 cm³/mol. The van der Waals surface area contributed by atoms with E-state index in [1.165, 1.54) is 17.3 Å². The average Bonchev–Trinajstić information content (AvgIpc) is 3.05. The van der Waals surface area contributed by atoms with Crippen molar-refractivity contribution in [2.24, 2.45) is 0 Å². The Balaban J connectivity index is 1.67. The third kappa shape index (κ3) is 2.11. The summed E-state index contributed by atoms with van der Waals surface area (Å²) in [7, 11) is 0. The molecule has 1 aromatic carbocycles. The van der Waals surface area contributed by atoms with E-state index in [2.05, 4.69) is 21.5 Å². The SMILES string of the molecule is O=C(CSc1cn[nH]n1)N1CCc2ccccc21. The Kier molecular flexibility index (Phi) is 3.02. The van der Waals surface area contributed by atoms with E-state index >= 15 is 0 Å². The Morgan fingerprint density at radius 1 is 1.44 bits per heavy atom. The molecule has 0 radical (unpaired) electrons. The minimum atomic E-state index is 0.118. The van der Waals surface area contributed by atoms with Crippen molar-refractivity contribution in [3.8, 4) is 0 Å². The lowest BCUT2D eigenvalue weighted by atomic mass is 10.2. The maximum absolute atomic E-state index is 12.1. The number of nitrogens with zero attached hydrogens (tertiary/aromatic N) is 3. The summed E-state index contributed by atoms with van der Waals surface area (Å²) in [4.78, 5) is 14.0. The van der Waals surface area contributed by atoms with Crippen LogP contribution in [0.15, 0.2) is 35.5 Å². The Labute approximate surface area is 109 Å². The lowest BCUT2D eigenvalue weighted by molar-refractivity contribution is -0.116. The average molecular weight is 260 g/mol. The van der Waals surface area contributed by atoms with Crippen molar-refractivity contribution < 1.29 is 4.79 Å². The van der Waals surface area contributed by atoms with Crippen LogP contribution in [0.5, 0.6) is 0 Å². The molecule has 0 saturated carbocycles. The van der Waals surface area contributed by atoms with Crippen LogP contribution in [0.25, 0.3) is 0 Å². The van der Waals surface area contributed by atoms with Crippen LogP contribution in [-0.4, -0.2) is 33.6 Å². The number of fused-ring (bicyclic) bond motifs is 1. The minimum absolute atomic E-state index is 0.118. The van der Waals surface area contributed by atoms with Gasteiger partial charge in [-0.3, -0.25) is 4.79 Å². The van der Waals surface area contributed by atoms with E-state index in [0.717, 1.165) is 23.7 Å². The van der Waals surface area contributed by atoms with Crippen molar-refractivity contribution in [3.05, 3.63) is 36.0 Å². The lowest BCUT2D eigenvalue weighted by Crippen LogP contribution is -2.30. The van der Waals surface area contributed by atoms with Crippen LogP contribution < -0.4 is 4.90 Å². The van der Waals surface area contributed by atoms with Crippen molar-refractivity contribution >= 4 is 23.4 Å². The Hall–Kier alpha value is -1.82. The number of benzene rings is 1. The number of carbonyl (C=O) groups is 1. The lowest BCUT2D eigenvalue weighted by Gasteiger charge is -2.16. The molecule has 1 aromatic heterocycles. The monoisotopic (exact) mass is 260 g/mol. The molecule has 1 aliphatic heterocycles. The summed E-state index contributed by atoms with van der Waals surface area (Å²) in [6.07, 6.45) is 2.56. The highest BCUT2D eigenvalue weighted by Gasteiger charge is 2.23. The molecule has 0 spiro atoms. The van der Waals surface area contributed by atoms with Gasteiger partial charge < -0.3 is 4.90 Å². The van der Waals surface area contributed by atoms with E-state index in [4.69, 9.17) is 0 Å². The van der Waals surface area contributed by atoms with Gasteiger partial charge in [0.15, 0.2) is 0 Å². The summed E-state index contributed by atoms with van der Waals surface area (Å²) in [6, 6.07) is 8.06. The number of amides is 1. The Morgan fingerprint density at radius 3 is 3.17 bits per heavy atom. The van der Waals surface area contributed by atoms with E-state index in [0.29, 0.717) is 5.75 Å². The zero-order valence-electron chi connectivity index (χ0n) is 9.67. The van der Waals surface area contributed by atoms with Crippen LogP contribution in [0, 0.1) is 0 Å². The number of aromatic amines is 1. The van der Waals surface area contributed by atoms with Gasteiger partial charge in [0.2, 0.25) is 5.91 Å². The number of thioether (sulfide) groups is 1. The van der Waals surface area contributed by atoms with Crippen LogP contribution in [-0.2, 0) is 11.2 Å². The summed E-state index contributed by atoms with van der Waals surface area (Å²) in [6.45, 7) is 0.775. The maximum Gasteiger partial charge on any atom is 0.237 e. The molecular formula is C12H12N4OS. The number of carbonyl (C=O) groups excluding carboxylic acids is 1. The second kappa shape index (κ2) is 4.81. The molecule has 6 heteroatoms. The molecular weight excluding hydrogens is 248 g/mol. The van der Waals surface area contributed by atoms with Crippen molar-refractivity contribution in [1.82, 2.24) is 15.4 Å². The first-order valence-electron chi connectivity index (χ1n) is 5.71. The van der Waals surface area contributed by atoms with E-state index in [-0.39, 0.29) is 5.91 Å². The number of aromatic nitrogens is 3. The topological polar surface area (TPSA) is 61.9 Å². The van der Waals surface area contributed by atoms with Gasteiger partial charge in [0.05, 0.1) is 11.9 Å². The zero-order chi connectivity index (χ0) is 12.4. The van der Waals surface area contributed by atoms with Crippen LogP contribution >= 0.6 is 11.8 Å². The summed E-state index contributed by atoms with van der Waals surface area (Å²) in [5.74, 6) is 0.508. The van der Waals surface area contributed by atoms with Gasteiger partial charge in [0, 0.05) is 12.2 Å². The number of anilines is 1. The standard InChI is InChI=1S/C12H12N4OS/c17-12(8-18-11-7-13-15-14-11)16-6-5-9-3-1-2-4-10(9)16/h1-4,7H,5-6,8H2,(H,13,14,15). The van der Waals surface area contributed by atoms with Crippen LogP contribution in [0.4, 0.5) is 5.69 Å². The molecule has 0 bridgehead atoms. The fourth-order valence-electron chi connectivity index (χ4n) is 2.07. The first-order valence-corrected chi connectivity index (χ1v) is 6.70. The number of hydrogen-bond acceptors (Lipinski definition) is 4. The fourth-order valence-corrected chi connectivity index (χ4v) is 2.73. The van der Waals surface area contributed by atoms with E-state index in [9.17, 15) is 4.79 Å². The second-order valence-corrected chi connectivity index (χ2v) is 5.02. The van der Waals surface area contributed by atoms with Crippen molar-refractivity contribution in [3.63, 3.8) is 0 Å². The molecule has 92 valence electrons. The normalized spacial score (nSPS) is 13.7. The smallest absolute Gasteiger partial charge is 0.237 e. The van der Waals surface area contributed by atoms with Crippen molar-refractivity contribution in [2.45, 2.75) is 11.4 Å². The highest BCUT2D eigenvalue weighted by atomic mass is 32.2. The highest BCUT2D eigenvalue weighted by molar-refractivity contribution is 7.99. The summed E-state index contributed by atoms with van der Waals surface area (Å²) >= 11 is 1.40. The number of H-pyrrole nitrogens is 1. The molecule has 1 aliphatic rings. The van der Waals surface area contributed by atoms with Gasteiger partial charge >= 0.3 is 0 Å². The molecule has 2 aromatic rings. The third-order valence-electron chi connectivity index (χ3n) is 2.92. The van der Waals surface area contributed by atoms with Crippen LogP contribution in [0.1, 0.15) is 5.56 Å². The quantitative estimate of drug-likeness (QED) is 0.849. The van der Waals surface area contributed by atoms with Gasteiger partial charge in [-0.05, 0) is 18.1 Å². The number of rotatable bonds is 3. The van der Waals surface area contributed by atoms with E-state index in [1.807, 2.05) is 23.1 Å². The third-order valence-corrected chi connectivity index (χ3v) is 3.81. The molecule has 1 amide bonds. The Bertz CT molecular complexity index is 555. The van der Waals surface area contributed by atoms with Crippen molar-refractivity contribution in [2.75, 3.05) is 17.2 Å². The molecule has 0 unspecified atom stereocenters. The Morgan fingerprint density at radius 2 is 2.33 bits per heavy atom. The van der Waals surface area contributed by atoms with Gasteiger partial charge in [-0.25, -0.2) is 0 Å². The molecule has 5 nitrogen and oxygen atoms in total. The van der Waals surface area contributed by atoms with Crippen LogP contribution in [0.2, 0.25) is 0 Å². The molecule has 0 aliphatic carbocycles. The molecule has 18 heavy (non-hydrogen) atoms. The first kappa shape index (κ1) is 11.3. The fraction of sp³-hybridized carbons (Fsp3) is 0.250. The first-order chi connectivity index (χ1) is 8.84. The van der Waals surface area contributed by atoms with E-state index < -0.39 is 0 Å². The number of para-hydroxylation sites is 1. The minimum Gasteiger partial charge on any atom is -0.311 e. The molecule has 0 atom stereocenters. The van der Waals surface area contributed by atoms with Gasteiger partial charge in [-0.2, -0.15) is 10.3 Å². The van der Waals surface area contributed by atoms with Gasteiger partial charge in [-0.15, -0.1) is 5.10 Å². The summed E-state index contributed by atoms with van der Waals surface area (Å²) in [5.41, 5.74) is 2.29. The number of nitrogens with one attached hydrogen (secondary N) is 1. The largest absolute Gasteiger partial charge is 0.311 e. The van der Waals surface area contributed by atoms with Gasteiger partial charge in [0.1, 0.15) is 5.03 Å². The predicted octanol–water partition coefficient (Wildman–Crippen LogP) is 1.49. The van der Waals surface area contributed by atoms with Crippen LogP contribution in [0.3, 0.4) is 0 Å². The molecule has 1 N–H and O–H groups in total.